The van der Waals surface area contributed by atoms with Crippen LogP contribution in [0.1, 0.15) is 29.9 Å². The zero-order valence-electron chi connectivity index (χ0n) is 11.1. The topological polar surface area (TPSA) is 29.1 Å². The third kappa shape index (κ3) is 2.73. The summed E-state index contributed by atoms with van der Waals surface area (Å²) in [4.78, 5) is 12.6. The van der Waals surface area contributed by atoms with E-state index in [4.69, 9.17) is 0 Å². The molecule has 20 heavy (non-hydrogen) atoms. The number of aryl methyl sites for hydroxylation is 1. The summed E-state index contributed by atoms with van der Waals surface area (Å²) in [5, 5.41) is 3.07. The van der Waals surface area contributed by atoms with Crippen molar-refractivity contribution in [3.05, 3.63) is 63.2 Å². The largest absolute Gasteiger partial charge is 0.325 e. The number of benzene rings is 2. The number of nitrogens with one attached hydrogen (secondary N) is 1. The molecule has 1 aliphatic rings. The molecule has 0 saturated heterocycles. The molecule has 3 rings (SSSR count). The van der Waals surface area contributed by atoms with Gasteiger partial charge >= 0.3 is 0 Å². The van der Waals surface area contributed by atoms with Crippen LogP contribution in [-0.2, 0) is 11.2 Å². The lowest BCUT2D eigenvalue weighted by Gasteiger charge is -2.24. The summed E-state index contributed by atoms with van der Waals surface area (Å²) < 4.78 is 1.07. The standard InChI is InChI=1S/C17H16INO/c18-15-10-3-4-11-16(15)19-17(20)14-9-5-7-12-6-1-2-8-13(12)14/h1-4,6,8,10-11,14H,5,7,9H2,(H,19,20)/t14-/m1/s1. The zero-order chi connectivity index (χ0) is 13.9. The number of hydrogen-bond donors (Lipinski definition) is 1. The summed E-state index contributed by atoms with van der Waals surface area (Å²) in [6.07, 6.45) is 3.11. The van der Waals surface area contributed by atoms with Crippen molar-refractivity contribution < 1.29 is 4.79 Å². The number of halogens is 1. The molecule has 0 radical (unpaired) electrons. The zero-order valence-corrected chi connectivity index (χ0v) is 13.3. The molecule has 0 aromatic heterocycles. The number of rotatable bonds is 2. The first kappa shape index (κ1) is 13.6. The maximum absolute atomic E-state index is 12.6. The van der Waals surface area contributed by atoms with Crippen molar-refractivity contribution in [3.8, 4) is 0 Å². The lowest BCUT2D eigenvalue weighted by molar-refractivity contribution is -0.117. The minimum absolute atomic E-state index is 0.0176. The number of carbonyl (C=O) groups is 1. The normalized spacial score (nSPS) is 17.4. The SMILES string of the molecule is O=C(Nc1ccccc1I)[C@@H]1CCCc2ccccc21. The highest BCUT2D eigenvalue weighted by Gasteiger charge is 2.26. The average Bonchev–Trinajstić information content (AvgIpc) is 2.49. The van der Waals surface area contributed by atoms with E-state index < -0.39 is 0 Å². The van der Waals surface area contributed by atoms with E-state index in [-0.39, 0.29) is 11.8 Å². The second-order valence-corrected chi connectivity index (χ2v) is 6.27. The molecule has 1 aliphatic carbocycles. The molecule has 0 spiro atoms. The molecule has 1 atom stereocenters. The van der Waals surface area contributed by atoms with Gasteiger partial charge in [0.25, 0.3) is 0 Å². The van der Waals surface area contributed by atoms with Crippen LogP contribution in [0.3, 0.4) is 0 Å². The van der Waals surface area contributed by atoms with Gasteiger partial charge in [-0.15, -0.1) is 0 Å². The van der Waals surface area contributed by atoms with Crippen molar-refractivity contribution in [2.45, 2.75) is 25.2 Å². The highest BCUT2D eigenvalue weighted by Crippen LogP contribution is 2.32. The summed E-state index contributed by atoms with van der Waals surface area (Å²) in [6.45, 7) is 0. The Morgan fingerprint density at radius 1 is 1.10 bits per heavy atom. The van der Waals surface area contributed by atoms with Crippen LogP contribution in [-0.4, -0.2) is 5.91 Å². The number of amides is 1. The maximum atomic E-state index is 12.6. The Morgan fingerprint density at radius 2 is 1.85 bits per heavy atom. The fraction of sp³-hybridized carbons (Fsp3) is 0.235. The summed E-state index contributed by atoms with van der Waals surface area (Å²) in [6, 6.07) is 16.2. The van der Waals surface area contributed by atoms with Gasteiger partial charge in [-0.1, -0.05) is 36.4 Å². The maximum Gasteiger partial charge on any atom is 0.231 e. The van der Waals surface area contributed by atoms with E-state index in [2.05, 4.69) is 46.1 Å². The van der Waals surface area contributed by atoms with Gasteiger partial charge in [0.15, 0.2) is 0 Å². The van der Waals surface area contributed by atoms with E-state index >= 15 is 0 Å². The van der Waals surface area contributed by atoms with Crippen molar-refractivity contribution in [2.24, 2.45) is 0 Å². The molecule has 2 aromatic rings. The molecule has 0 heterocycles. The van der Waals surface area contributed by atoms with Crippen LogP contribution < -0.4 is 5.32 Å². The van der Waals surface area contributed by atoms with Crippen LogP contribution in [0.5, 0.6) is 0 Å². The molecular formula is C17H16INO. The number of anilines is 1. The summed E-state index contributed by atoms with van der Waals surface area (Å²) in [5.41, 5.74) is 3.42. The molecule has 0 bridgehead atoms. The first-order valence-electron chi connectivity index (χ1n) is 6.89. The molecule has 3 heteroatoms. The molecule has 0 unspecified atom stereocenters. The van der Waals surface area contributed by atoms with Crippen molar-refractivity contribution in [1.29, 1.82) is 0 Å². The highest BCUT2D eigenvalue weighted by molar-refractivity contribution is 14.1. The minimum Gasteiger partial charge on any atom is -0.325 e. The third-order valence-corrected chi connectivity index (χ3v) is 4.76. The van der Waals surface area contributed by atoms with E-state index in [9.17, 15) is 4.79 Å². The molecule has 1 N–H and O–H groups in total. The van der Waals surface area contributed by atoms with Crippen LogP contribution in [0.15, 0.2) is 48.5 Å². The Labute approximate surface area is 132 Å². The van der Waals surface area contributed by atoms with E-state index in [1.165, 1.54) is 11.1 Å². The predicted molar refractivity (Wildman–Crippen MR) is 89.9 cm³/mol. The monoisotopic (exact) mass is 377 g/mol. The van der Waals surface area contributed by atoms with Gasteiger partial charge in [-0.3, -0.25) is 4.79 Å². The smallest absolute Gasteiger partial charge is 0.231 e. The van der Waals surface area contributed by atoms with Crippen LogP contribution >= 0.6 is 22.6 Å². The van der Waals surface area contributed by atoms with Gasteiger partial charge in [-0.05, 0) is 65.1 Å². The first-order chi connectivity index (χ1) is 9.75. The Balaban J connectivity index is 1.84. The van der Waals surface area contributed by atoms with Crippen LogP contribution in [0.4, 0.5) is 5.69 Å². The van der Waals surface area contributed by atoms with E-state index in [0.717, 1.165) is 28.5 Å². The second kappa shape index (κ2) is 5.95. The van der Waals surface area contributed by atoms with Crippen molar-refractivity contribution >= 4 is 34.2 Å². The molecule has 102 valence electrons. The van der Waals surface area contributed by atoms with E-state index in [0.29, 0.717) is 0 Å². The van der Waals surface area contributed by atoms with Gasteiger partial charge in [-0.25, -0.2) is 0 Å². The lowest BCUT2D eigenvalue weighted by atomic mass is 9.82. The first-order valence-corrected chi connectivity index (χ1v) is 7.97. The fourth-order valence-corrected chi connectivity index (χ4v) is 3.33. The average molecular weight is 377 g/mol. The molecule has 0 saturated carbocycles. The van der Waals surface area contributed by atoms with E-state index in [1.54, 1.807) is 0 Å². The number of fused-ring (bicyclic) bond motifs is 1. The number of hydrogen-bond acceptors (Lipinski definition) is 1. The molecule has 0 aliphatic heterocycles. The molecule has 0 fully saturated rings. The predicted octanol–water partition coefficient (Wildman–Crippen LogP) is 4.35. The van der Waals surface area contributed by atoms with Crippen molar-refractivity contribution in [3.63, 3.8) is 0 Å². The second-order valence-electron chi connectivity index (χ2n) is 5.11. The van der Waals surface area contributed by atoms with Crippen LogP contribution in [0, 0.1) is 3.57 Å². The molecular weight excluding hydrogens is 361 g/mol. The van der Waals surface area contributed by atoms with Crippen LogP contribution in [0.2, 0.25) is 0 Å². The van der Waals surface area contributed by atoms with Crippen molar-refractivity contribution in [2.75, 3.05) is 5.32 Å². The molecule has 2 aromatic carbocycles. The van der Waals surface area contributed by atoms with Gasteiger partial charge in [-0.2, -0.15) is 0 Å². The Morgan fingerprint density at radius 3 is 2.70 bits per heavy atom. The summed E-state index contributed by atoms with van der Waals surface area (Å²) >= 11 is 2.25. The summed E-state index contributed by atoms with van der Waals surface area (Å²) in [7, 11) is 0. The Hall–Kier alpha value is -1.36. The van der Waals surface area contributed by atoms with Gasteiger partial charge in [0.05, 0.1) is 11.6 Å². The quantitative estimate of drug-likeness (QED) is 0.775. The Bertz CT molecular complexity index is 638. The molecule has 1 amide bonds. The number of para-hydroxylation sites is 1. The van der Waals surface area contributed by atoms with Gasteiger partial charge in [0.1, 0.15) is 0 Å². The fourth-order valence-electron chi connectivity index (χ4n) is 2.81. The molecule has 2 nitrogen and oxygen atoms in total. The number of carbonyl (C=O) groups excluding carboxylic acids is 1. The van der Waals surface area contributed by atoms with Gasteiger partial charge in [0.2, 0.25) is 5.91 Å². The van der Waals surface area contributed by atoms with Gasteiger partial charge < -0.3 is 5.32 Å². The van der Waals surface area contributed by atoms with Gasteiger partial charge in [0, 0.05) is 3.57 Å². The third-order valence-electron chi connectivity index (χ3n) is 3.82. The van der Waals surface area contributed by atoms with Crippen molar-refractivity contribution in [1.82, 2.24) is 0 Å². The lowest BCUT2D eigenvalue weighted by Crippen LogP contribution is -2.25. The summed E-state index contributed by atoms with van der Waals surface area (Å²) in [5.74, 6) is 0.0947. The van der Waals surface area contributed by atoms with E-state index in [1.807, 2.05) is 30.3 Å². The highest BCUT2D eigenvalue weighted by atomic mass is 127. The Kier molecular flexibility index (Phi) is 4.05. The minimum atomic E-state index is -0.0176. The van der Waals surface area contributed by atoms with Crippen LogP contribution in [0.25, 0.3) is 0 Å².